The van der Waals surface area contributed by atoms with Gasteiger partial charge >= 0.3 is 0 Å². The van der Waals surface area contributed by atoms with Crippen LogP contribution in [-0.4, -0.2) is 17.5 Å². The Labute approximate surface area is 178 Å². The van der Waals surface area contributed by atoms with Crippen LogP contribution in [0.5, 0.6) is 0 Å². The van der Waals surface area contributed by atoms with Gasteiger partial charge in [-0.05, 0) is 52.9 Å². The number of carbonyl (C=O) groups is 2. The number of rotatable bonds is 5. The van der Waals surface area contributed by atoms with Crippen LogP contribution in [0.3, 0.4) is 0 Å². The minimum Gasteiger partial charge on any atom is -0.321 e. The fourth-order valence-corrected chi connectivity index (χ4v) is 3.72. The van der Waals surface area contributed by atoms with Crippen LogP contribution in [0.2, 0.25) is 0 Å². The summed E-state index contributed by atoms with van der Waals surface area (Å²) in [5.41, 5.74) is 5.31. The molecule has 1 heterocycles. The molecule has 0 saturated heterocycles. The first-order valence-corrected chi connectivity index (χ1v) is 10.3. The monoisotopic (exact) mass is 413 g/mol. The maximum Gasteiger partial charge on any atom is 0.272 e. The predicted molar refractivity (Wildman–Crippen MR) is 122 cm³/mol. The van der Waals surface area contributed by atoms with E-state index < -0.39 is 0 Å². The van der Waals surface area contributed by atoms with E-state index in [4.69, 9.17) is 0 Å². The van der Waals surface area contributed by atoms with Gasteiger partial charge in [-0.3, -0.25) is 9.59 Å². The summed E-state index contributed by atoms with van der Waals surface area (Å²) in [6, 6.07) is 24.3. The third-order valence-electron chi connectivity index (χ3n) is 4.64. The van der Waals surface area contributed by atoms with Gasteiger partial charge in [-0.25, -0.2) is 5.43 Å². The highest BCUT2D eigenvalue weighted by Gasteiger charge is 2.10. The molecule has 0 fully saturated rings. The minimum absolute atomic E-state index is 0.152. The van der Waals surface area contributed by atoms with Crippen LogP contribution in [0.4, 0.5) is 5.69 Å². The van der Waals surface area contributed by atoms with E-state index >= 15 is 0 Å². The van der Waals surface area contributed by atoms with Crippen molar-refractivity contribution in [3.63, 3.8) is 0 Å². The number of amides is 2. The van der Waals surface area contributed by atoms with E-state index in [1.807, 2.05) is 79.0 Å². The summed E-state index contributed by atoms with van der Waals surface area (Å²) in [5, 5.41) is 10.9. The molecule has 148 valence electrons. The van der Waals surface area contributed by atoms with Gasteiger partial charge < -0.3 is 5.32 Å². The van der Waals surface area contributed by atoms with Gasteiger partial charge in [0.15, 0.2) is 0 Å². The van der Waals surface area contributed by atoms with Crippen LogP contribution in [0, 0.1) is 0 Å². The van der Waals surface area contributed by atoms with Gasteiger partial charge in [0.25, 0.3) is 11.8 Å². The van der Waals surface area contributed by atoms with E-state index in [9.17, 15) is 9.59 Å². The summed E-state index contributed by atoms with van der Waals surface area (Å²) in [4.78, 5) is 25.6. The second-order valence-corrected chi connectivity index (χ2v) is 7.62. The molecule has 5 nitrogen and oxygen atoms in total. The number of hydrogen-bond acceptors (Lipinski definition) is 4. The van der Waals surface area contributed by atoms with Crippen molar-refractivity contribution >= 4 is 45.3 Å². The topological polar surface area (TPSA) is 70.6 Å². The SMILES string of the molecule is C/C(=N\NC(=O)c1cccc2ccccc12)c1cccc(NC(=O)c2cccs2)c1. The summed E-state index contributed by atoms with van der Waals surface area (Å²) in [6.45, 7) is 1.81. The first-order chi connectivity index (χ1) is 14.6. The van der Waals surface area contributed by atoms with Crippen molar-refractivity contribution in [1.29, 1.82) is 0 Å². The largest absolute Gasteiger partial charge is 0.321 e. The number of nitrogens with zero attached hydrogens (tertiary/aromatic N) is 1. The van der Waals surface area contributed by atoms with E-state index in [-0.39, 0.29) is 11.8 Å². The van der Waals surface area contributed by atoms with Crippen molar-refractivity contribution < 1.29 is 9.59 Å². The van der Waals surface area contributed by atoms with Gasteiger partial charge in [0, 0.05) is 11.3 Å². The molecule has 0 spiro atoms. The molecular formula is C24H19N3O2S. The smallest absolute Gasteiger partial charge is 0.272 e. The molecule has 0 aliphatic heterocycles. The molecule has 30 heavy (non-hydrogen) atoms. The third-order valence-corrected chi connectivity index (χ3v) is 5.51. The highest BCUT2D eigenvalue weighted by atomic mass is 32.1. The van der Waals surface area contributed by atoms with Crippen molar-refractivity contribution in [3.05, 3.63) is 100 Å². The lowest BCUT2D eigenvalue weighted by Gasteiger charge is -2.08. The van der Waals surface area contributed by atoms with Crippen molar-refractivity contribution in [1.82, 2.24) is 5.43 Å². The maximum atomic E-state index is 12.7. The molecule has 0 atom stereocenters. The van der Waals surface area contributed by atoms with E-state index in [1.165, 1.54) is 11.3 Å². The average Bonchev–Trinajstić information content (AvgIpc) is 3.32. The third kappa shape index (κ3) is 4.29. The summed E-state index contributed by atoms with van der Waals surface area (Å²) in [5.74, 6) is -0.422. The second kappa shape index (κ2) is 8.71. The maximum absolute atomic E-state index is 12.7. The molecule has 0 bridgehead atoms. The van der Waals surface area contributed by atoms with Crippen LogP contribution in [-0.2, 0) is 0 Å². The molecule has 0 aliphatic rings. The lowest BCUT2D eigenvalue weighted by atomic mass is 10.0. The number of carbonyl (C=O) groups excluding carboxylic acids is 2. The Bertz CT molecular complexity index is 1240. The van der Waals surface area contributed by atoms with Gasteiger partial charge in [0.05, 0.1) is 10.6 Å². The molecular weight excluding hydrogens is 394 g/mol. The summed E-state index contributed by atoms with van der Waals surface area (Å²) >= 11 is 1.39. The van der Waals surface area contributed by atoms with Crippen LogP contribution in [0.25, 0.3) is 10.8 Å². The number of hydrogen-bond donors (Lipinski definition) is 2. The highest BCUT2D eigenvalue weighted by molar-refractivity contribution is 7.12. The first-order valence-electron chi connectivity index (χ1n) is 9.39. The number of thiophene rings is 1. The normalized spacial score (nSPS) is 11.3. The molecule has 2 amide bonds. The highest BCUT2D eigenvalue weighted by Crippen LogP contribution is 2.19. The lowest BCUT2D eigenvalue weighted by molar-refractivity contribution is 0.0955. The lowest BCUT2D eigenvalue weighted by Crippen LogP contribution is -2.19. The average molecular weight is 414 g/mol. The Hall–Kier alpha value is -3.77. The van der Waals surface area contributed by atoms with E-state index in [2.05, 4.69) is 15.8 Å². The zero-order valence-electron chi connectivity index (χ0n) is 16.3. The Morgan fingerprint density at radius 3 is 2.50 bits per heavy atom. The van der Waals surface area contributed by atoms with Crippen molar-refractivity contribution in [2.45, 2.75) is 6.92 Å². The fourth-order valence-electron chi connectivity index (χ4n) is 3.11. The summed E-state index contributed by atoms with van der Waals surface area (Å²) in [7, 11) is 0. The molecule has 2 N–H and O–H groups in total. The Morgan fingerprint density at radius 1 is 0.867 bits per heavy atom. The number of nitrogens with one attached hydrogen (secondary N) is 2. The van der Waals surface area contributed by atoms with Gasteiger partial charge in [0.1, 0.15) is 0 Å². The van der Waals surface area contributed by atoms with Crippen LogP contribution in [0.1, 0.15) is 32.5 Å². The number of hydrazone groups is 1. The van der Waals surface area contributed by atoms with E-state index in [0.717, 1.165) is 16.3 Å². The molecule has 4 aromatic rings. The molecule has 6 heteroatoms. The molecule has 0 radical (unpaired) electrons. The zero-order chi connectivity index (χ0) is 20.9. The van der Waals surface area contributed by atoms with Crippen LogP contribution >= 0.6 is 11.3 Å². The Kier molecular flexibility index (Phi) is 5.68. The van der Waals surface area contributed by atoms with Gasteiger partial charge in [-0.1, -0.05) is 54.6 Å². The predicted octanol–water partition coefficient (Wildman–Crippen LogP) is 5.31. The standard InChI is InChI=1S/C24H19N3O2S/c1-16(18-9-4-10-19(15-18)25-24(29)22-13-6-14-30-22)26-27-23(28)21-12-5-8-17-7-2-3-11-20(17)21/h2-15H,1H3,(H,25,29)(H,27,28)/b26-16+. The number of benzene rings is 3. The first kappa shape index (κ1) is 19.5. The second-order valence-electron chi connectivity index (χ2n) is 6.68. The van der Waals surface area contributed by atoms with Crippen molar-refractivity contribution in [3.8, 4) is 0 Å². The van der Waals surface area contributed by atoms with E-state index in [0.29, 0.717) is 21.8 Å². The summed E-state index contributed by atoms with van der Waals surface area (Å²) in [6.07, 6.45) is 0. The van der Waals surface area contributed by atoms with Crippen LogP contribution in [0.15, 0.2) is 89.3 Å². The van der Waals surface area contributed by atoms with Crippen molar-refractivity contribution in [2.75, 3.05) is 5.32 Å². The minimum atomic E-state index is -0.270. The Morgan fingerprint density at radius 2 is 1.67 bits per heavy atom. The van der Waals surface area contributed by atoms with Gasteiger partial charge in [-0.2, -0.15) is 5.10 Å². The van der Waals surface area contributed by atoms with Crippen molar-refractivity contribution in [2.24, 2.45) is 5.10 Å². The van der Waals surface area contributed by atoms with Gasteiger partial charge in [0.2, 0.25) is 0 Å². The molecule has 3 aromatic carbocycles. The van der Waals surface area contributed by atoms with E-state index in [1.54, 1.807) is 12.1 Å². The fraction of sp³-hybridized carbons (Fsp3) is 0.0417. The number of fused-ring (bicyclic) bond motifs is 1. The van der Waals surface area contributed by atoms with Crippen LogP contribution < -0.4 is 10.7 Å². The van der Waals surface area contributed by atoms with Gasteiger partial charge in [-0.15, -0.1) is 11.3 Å². The Balaban J connectivity index is 1.49. The molecule has 1 aromatic heterocycles. The zero-order valence-corrected chi connectivity index (χ0v) is 17.1. The molecule has 0 aliphatic carbocycles. The molecule has 0 saturated carbocycles. The molecule has 0 unspecified atom stereocenters. The quantitative estimate of drug-likeness (QED) is 0.344. The number of anilines is 1. The summed E-state index contributed by atoms with van der Waals surface area (Å²) < 4.78 is 0. The molecule has 4 rings (SSSR count).